The molecule has 3 aromatic rings. The average molecular weight is 409 g/mol. The van der Waals surface area contributed by atoms with E-state index in [4.69, 9.17) is 9.47 Å². The quantitative estimate of drug-likeness (QED) is 0.521. The number of H-pyrrole nitrogens is 1. The number of nitrogens with zero attached hydrogens (tertiary/aromatic N) is 1. The highest BCUT2D eigenvalue weighted by molar-refractivity contribution is 6.06. The van der Waals surface area contributed by atoms with Crippen LogP contribution < -0.4 is 15.4 Å². The molecule has 2 heterocycles. The Labute approximate surface area is 176 Å². The smallest absolute Gasteiger partial charge is 0.255 e. The van der Waals surface area contributed by atoms with Crippen LogP contribution in [0.3, 0.4) is 0 Å². The summed E-state index contributed by atoms with van der Waals surface area (Å²) in [5.74, 6) is 0.579. The minimum atomic E-state index is -0.353. The van der Waals surface area contributed by atoms with Crippen molar-refractivity contribution < 1.29 is 14.3 Å². The first-order chi connectivity index (χ1) is 14.4. The highest BCUT2D eigenvalue weighted by Gasteiger charge is 2.31. The van der Waals surface area contributed by atoms with Crippen molar-refractivity contribution in [1.29, 1.82) is 0 Å². The number of ether oxygens (including phenoxy) is 2. The predicted octanol–water partition coefficient (Wildman–Crippen LogP) is 3.56. The van der Waals surface area contributed by atoms with E-state index in [1.807, 2.05) is 56.7 Å². The highest BCUT2D eigenvalue weighted by Crippen LogP contribution is 2.33. The number of aromatic amines is 1. The number of fused-ring (bicyclic) bond motifs is 2. The van der Waals surface area contributed by atoms with E-state index in [9.17, 15) is 4.79 Å². The molecule has 0 fully saturated rings. The second kappa shape index (κ2) is 8.38. The summed E-state index contributed by atoms with van der Waals surface area (Å²) in [6.45, 7) is 4.61. The summed E-state index contributed by atoms with van der Waals surface area (Å²) >= 11 is 0. The van der Waals surface area contributed by atoms with Crippen LogP contribution in [0, 0.1) is 0 Å². The van der Waals surface area contributed by atoms with Crippen LogP contribution in [0.5, 0.6) is 5.75 Å². The normalized spacial score (nSPS) is 18.0. The molecule has 1 aromatic heterocycles. The Morgan fingerprint density at radius 3 is 2.93 bits per heavy atom. The summed E-state index contributed by atoms with van der Waals surface area (Å²) in [5, 5.41) is 7.52. The third-order valence-electron chi connectivity index (χ3n) is 5.14. The third-order valence-corrected chi connectivity index (χ3v) is 5.14. The Morgan fingerprint density at radius 2 is 2.10 bits per heavy atom. The number of nitrogens with one attached hydrogen (secondary N) is 3. The van der Waals surface area contributed by atoms with Crippen LogP contribution in [0.15, 0.2) is 48.7 Å². The first kappa shape index (κ1) is 20.3. The van der Waals surface area contributed by atoms with Gasteiger partial charge in [0.1, 0.15) is 12.4 Å². The Bertz CT molecular complexity index is 1050. The standard InChI is InChI=1S/C23H28N4O3/c1-23(14-29-11-10-27(2)3)15-30-21-7-4-17(13-20(21)26-23)22(28)25-18-5-6-19-16(12-18)8-9-24-19/h4-9,12-13,24,26H,10-11,14-15H2,1-3H3,(H,25,28). The zero-order chi connectivity index (χ0) is 21.1. The first-order valence-electron chi connectivity index (χ1n) is 10.1. The summed E-state index contributed by atoms with van der Waals surface area (Å²) < 4.78 is 11.7. The molecule has 0 saturated heterocycles. The number of hydrogen-bond acceptors (Lipinski definition) is 5. The summed E-state index contributed by atoms with van der Waals surface area (Å²) in [5.41, 5.74) is 2.81. The van der Waals surface area contributed by atoms with E-state index in [0.29, 0.717) is 25.4 Å². The number of rotatable bonds is 7. The molecule has 0 bridgehead atoms. The molecule has 7 nitrogen and oxygen atoms in total. The number of amides is 1. The molecule has 0 spiro atoms. The van der Waals surface area contributed by atoms with Crippen LogP contribution in [-0.4, -0.2) is 61.8 Å². The lowest BCUT2D eigenvalue weighted by atomic mass is 10.0. The number of carbonyl (C=O) groups excluding carboxylic acids is 1. The van der Waals surface area contributed by atoms with Crippen LogP contribution >= 0.6 is 0 Å². The first-order valence-corrected chi connectivity index (χ1v) is 10.1. The van der Waals surface area contributed by atoms with Gasteiger partial charge in [-0.3, -0.25) is 4.79 Å². The van der Waals surface area contributed by atoms with Gasteiger partial charge in [0.15, 0.2) is 0 Å². The molecule has 1 aliphatic heterocycles. The van der Waals surface area contributed by atoms with Crippen LogP contribution in [0.1, 0.15) is 17.3 Å². The second-order valence-electron chi connectivity index (χ2n) is 8.27. The molecule has 4 rings (SSSR count). The molecule has 2 aromatic carbocycles. The highest BCUT2D eigenvalue weighted by atomic mass is 16.5. The van der Waals surface area contributed by atoms with Crippen molar-refractivity contribution in [1.82, 2.24) is 9.88 Å². The number of aromatic nitrogens is 1. The zero-order valence-electron chi connectivity index (χ0n) is 17.6. The van der Waals surface area contributed by atoms with E-state index in [1.54, 1.807) is 6.07 Å². The van der Waals surface area contributed by atoms with Crippen molar-refractivity contribution in [2.45, 2.75) is 12.5 Å². The molecule has 1 unspecified atom stereocenters. The van der Waals surface area contributed by atoms with Crippen LogP contribution in [0.2, 0.25) is 0 Å². The maximum absolute atomic E-state index is 12.8. The fraction of sp³-hybridized carbons (Fsp3) is 0.348. The van der Waals surface area contributed by atoms with Crippen molar-refractivity contribution in [2.24, 2.45) is 0 Å². The number of benzene rings is 2. The van der Waals surface area contributed by atoms with E-state index in [1.165, 1.54) is 0 Å². The predicted molar refractivity (Wildman–Crippen MR) is 120 cm³/mol. The number of likely N-dealkylation sites (N-methyl/N-ethyl adjacent to an activating group) is 1. The largest absolute Gasteiger partial charge is 0.489 e. The molecule has 7 heteroatoms. The lowest BCUT2D eigenvalue weighted by molar-refractivity contribution is 0.0645. The lowest BCUT2D eigenvalue weighted by Crippen LogP contribution is -2.48. The molecule has 0 saturated carbocycles. The van der Waals surface area contributed by atoms with Crippen LogP contribution in [0.25, 0.3) is 10.9 Å². The molecule has 0 radical (unpaired) electrons. The van der Waals surface area contributed by atoms with Gasteiger partial charge in [-0.05, 0) is 63.5 Å². The van der Waals surface area contributed by atoms with Gasteiger partial charge in [-0.2, -0.15) is 0 Å². The zero-order valence-corrected chi connectivity index (χ0v) is 17.6. The van der Waals surface area contributed by atoms with E-state index in [2.05, 4.69) is 27.4 Å². The van der Waals surface area contributed by atoms with E-state index >= 15 is 0 Å². The van der Waals surface area contributed by atoms with Gasteiger partial charge in [-0.1, -0.05) is 0 Å². The van der Waals surface area contributed by atoms with Gasteiger partial charge >= 0.3 is 0 Å². The Kier molecular flexibility index (Phi) is 5.65. The summed E-state index contributed by atoms with van der Waals surface area (Å²) in [6.07, 6.45) is 1.88. The monoisotopic (exact) mass is 408 g/mol. The molecule has 0 aliphatic carbocycles. The van der Waals surface area contributed by atoms with Gasteiger partial charge in [0.2, 0.25) is 0 Å². The maximum Gasteiger partial charge on any atom is 0.255 e. The Morgan fingerprint density at radius 1 is 1.23 bits per heavy atom. The van der Waals surface area contributed by atoms with Gasteiger partial charge in [-0.15, -0.1) is 0 Å². The molecule has 30 heavy (non-hydrogen) atoms. The fourth-order valence-electron chi connectivity index (χ4n) is 3.45. The molecule has 158 valence electrons. The van der Waals surface area contributed by atoms with Gasteiger partial charge in [0.25, 0.3) is 5.91 Å². The molecular formula is C23H28N4O3. The average Bonchev–Trinajstić information content (AvgIpc) is 3.18. The van der Waals surface area contributed by atoms with Gasteiger partial charge in [0.05, 0.1) is 24.4 Å². The number of hydrogen-bond donors (Lipinski definition) is 3. The molecule has 1 amide bonds. The van der Waals surface area contributed by atoms with Crippen molar-refractivity contribution in [2.75, 3.05) is 51.1 Å². The number of carbonyl (C=O) groups is 1. The van der Waals surface area contributed by atoms with Crippen molar-refractivity contribution in [3.63, 3.8) is 0 Å². The molecular weight excluding hydrogens is 380 g/mol. The minimum absolute atomic E-state index is 0.163. The van der Waals surface area contributed by atoms with E-state index in [0.717, 1.165) is 34.6 Å². The lowest BCUT2D eigenvalue weighted by Gasteiger charge is -2.36. The van der Waals surface area contributed by atoms with Crippen LogP contribution in [0.4, 0.5) is 11.4 Å². The summed E-state index contributed by atoms with van der Waals surface area (Å²) in [6, 6.07) is 13.2. The Hall–Kier alpha value is -3.03. The SMILES string of the molecule is CN(C)CCOCC1(C)COc2ccc(C(=O)Nc3ccc4[nH]ccc4c3)cc2N1. The van der Waals surface area contributed by atoms with Crippen molar-refractivity contribution in [3.8, 4) is 5.75 Å². The Balaban J connectivity index is 1.43. The number of anilines is 2. The maximum atomic E-state index is 12.8. The van der Waals surface area contributed by atoms with Gasteiger partial charge in [-0.25, -0.2) is 0 Å². The van der Waals surface area contributed by atoms with E-state index < -0.39 is 0 Å². The fourth-order valence-corrected chi connectivity index (χ4v) is 3.45. The van der Waals surface area contributed by atoms with Crippen LogP contribution in [-0.2, 0) is 4.74 Å². The molecule has 3 N–H and O–H groups in total. The topological polar surface area (TPSA) is 78.6 Å². The van der Waals surface area contributed by atoms with Gasteiger partial charge < -0.3 is 30.0 Å². The van der Waals surface area contributed by atoms with Crippen molar-refractivity contribution >= 4 is 28.2 Å². The molecule has 1 atom stereocenters. The summed E-state index contributed by atoms with van der Waals surface area (Å²) in [4.78, 5) is 18.0. The van der Waals surface area contributed by atoms with Crippen molar-refractivity contribution in [3.05, 3.63) is 54.2 Å². The third kappa shape index (κ3) is 4.58. The van der Waals surface area contributed by atoms with E-state index in [-0.39, 0.29) is 11.4 Å². The van der Waals surface area contributed by atoms with Gasteiger partial charge in [0, 0.05) is 34.9 Å². The second-order valence-corrected chi connectivity index (χ2v) is 8.27. The minimum Gasteiger partial charge on any atom is -0.489 e. The molecule has 1 aliphatic rings. The summed E-state index contributed by atoms with van der Waals surface area (Å²) in [7, 11) is 4.04.